The summed E-state index contributed by atoms with van der Waals surface area (Å²) in [6.07, 6.45) is 2.01. The van der Waals surface area contributed by atoms with Crippen molar-refractivity contribution in [2.45, 2.75) is 19.3 Å². The number of para-hydroxylation sites is 2. The smallest absolute Gasteiger partial charge is 0.160 e. The van der Waals surface area contributed by atoms with E-state index in [-0.39, 0.29) is 5.41 Å². The van der Waals surface area contributed by atoms with Gasteiger partial charge >= 0.3 is 0 Å². The summed E-state index contributed by atoms with van der Waals surface area (Å²) >= 11 is 0. The molecule has 0 saturated heterocycles. The Morgan fingerprint density at radius 3 is 1.73 bits per heavy atom. The van der Waals surface area contributed by atoms with Crippen LogP contribution in [0.2, 0.25) is 0 Å². The molecule has 0 saturated carbocycles. The first-order valence-electron chi connectivity index (χ1n) is 22.3. The van der Waals surface area contributed by atoms with Crippen LogP contribution < -0.4 is 0 Å². The maximum atomic E-state index is 9.81. The molecular weight excluding hydrogens is 803 g/mol. The third-order valence-electron chi connectivity index (χ3n) is 13.3. The van der Waals surface area contributed by atoms with Crippen molar-refractivity contribution in [1.29, 1.82) is 5.26 Å². The lowest BCUT2D eigenvalue weighted by atomic mass is 9.81. The highest BCUT2D eigenvalue weighted by Crippen LogP contribution is 2.50. The second kappa shape index (κ2) is 15.5. The average Bonchev–Trinajstić information content (AvgIpc) is 3.83. The molecule has 1 aliphatic rings. The minimum Gasteiger partial charge on any atom is -0.294 e. The Labute approximate surface area is 383 Å². The Bertz CT molecular complexity index is 3710. The molecule has 12 rings (SSSR count). The van der Waals surface area contributed by atoms with Crippen LogP contribution in [0.15, 0.2) is 212 Å². The van der Waals surface area contributed by atoms with Gasteiger partial charge in [-0.05, 0) is 117 Å². The number of rotatable bonds is 7. The van der Waals surface area contributed by atoms with Crippen LogP contribution in [0.1, 0.15) is 30.5 Å². The Kier molecular flexibility index (Phi) is 9.15. The number of pyridine rings is 1. The van der Waals surface area contributed by atoms with Gasteiger partial charge in [-0.15, -0.1) is 0 Å². The molecule has 66 heavy (non-hydrogen) atoms. The van der Waals surface area contributed by atoms with Gasteiger partial charge in [-0.3, -0.25) is 4.57 Å². The second-order valence-corrected chi connectivity index (χ2v) is 17.6. The molecule has 1 aliphatic carbocycles. The van der Waals surface area contributed by atoms with E-state index >= 15 is 0 Å². The van der Waals surface area contributed by atoms with Gasteiger partial charge in [-0.1, -0.05) is 153 Å². The van der Waals surface area contributed by atoms with E-state index in [2.05, 4.69) is 194 Å². The zero-order valence-corrected chi connectivity index (χ0v) is 36.4. The average molecular weight is 844 g/mol. The molecule has 310 valence electrons. The molecule has 3 heterocycles. The van der Waals surface area contributed by atoms with E-state index in [1.807, 2.05) is 42.6 Å². The maximum Gasteiger partial charge on any atom is 0.160 e. The zero-order valence-electron chi connectivity index (χ0n) is 36.4. The first kappa shape index (κ1) is 38.9. The van der Waals surface area contributed by atoms with E-state index in [1.165, 1.54) is 27.8 Å². The van der Waals surface area contributed by atoms with Crippen molar-refractivity contribution in [3.63, 3.8) is 0 Å². The fraction of sp³-hybridized carbons (Fsp3) is 0.0492. The van der Waals surface area contributed by atoms with Gasteiger partial charge in [0, 0.05) is 50.3 Å². The predicted octanol–water partition coefficient (Wildman–Crippen LogP) is 15.1. The quantitative estimate of drug-likeness (QED) is 0.160. The maximum absolute atomic E-state index is 9.81. The molecule has 0 spiro atoms. The molecule has 0 fully saturated rings. The number of hydrogen-bond donors (Lipinski definition) is 0. The zero-order chi connectivity index (χ0) is 44.4. The lowest BCUT2D eigenvalue weighted by Gasteiger charge is -2.22. The lowest BCUT2D eigenvalue weighted by molar-refractivity contribution is 0.660. The molecule has 3 aromatic heterocycles. The SMILES string of the molecule is CC1(C)c2cc(C#N)ccc2-c2ccc(-c3cc(-c4cnc5c(c4)c4ccccc4n5-c4ccccc4)cc(-c4cc(-c5ccc(-c6ccccc6)cc5)nc(-c5ccccc5)n4)c3)cc21. The molecule has 5 heteroatoms. The van der Waals surface area contributed by atoms with Crippen molar-refractivity contribution in [3.8, 4) is 90.2 Å². The molecular formula is C61H41N5. The Morgan fingerprint density at radius 2 is 1.00 bits per heavy atom. The van der Waals surface area contributed by atoms with Crippen molar-refractivity contribution >= 4 is 21.9 Å². The first-order valence-corrected chi connectivity index (χ1v) is 22.3. The topological polar surface area (TPSA) is 67.4 Å². The fourth-order valence-corrected chi connectivity index (χ4v) is 9.86. The van der Waals surface area contributed by atoms with Gasteiger partial charge in [0.2, 0.25) is 0 Å². The van der Waals surface area contributed by atoms with Gasteiger partial charge in [0.1, 0.15) is 5.65 Å². The third-order valence-corrected chi connectivity index (χ3v) is 13.3. The highest BCUT2D eigenvalue weighted by molar-refractivity contribution is 6.09. The van der Waals surface area contributed by atoms with Crippen LogP contribution in [0.4, 0.5) is 0 Å². The summed E-state index contributed by atoms with van der Waals surface area (Å²) in [6.45, 7) is 4.52. The van der Waals surface area contributed by atoms with Crippen molar-refractivity contribution in [2.24, 2.45) is 0 Å². The summed E-state index contributed by atoms with van der Waals surface area (Å²) < 4.78 is 2.25. The highest BCUT2D eigenvalue weighted by Gasteiger charge is 2.36. The summed E-state index contributed by atoms with van der Waals surface area (Å²) in [4.78, 5) is 15.8. The summed E-state index contributed by atoms with van der Waals surface area (Å²) in [5.74, 6) is 0.660. The molecule has 0 bridgehead atoms. The van der Waals surface area contributed by atoms with Gasteiger partial charge < -0.3 is 0 Å². The van der Waals surface area contributed by atoms with Gasteiger partial charge in [0.25, 0.3) is 0 Å². The second-order valence-electron chi connectivity index (χ2n) is 17.6. The molecule has 0 amide bonds. The fourth-order valence-electron chi connectivity index (χ4n) is 9.86. The van der Waals surface area contributed by atoms with Gasteiger partial charge in [0.15, 0.2) is 5.82 Å². The molecule has 0 N–H and O–H groups in total. The largest absolute Gasteiger partial charge is 0.294 e. The van der Waals surface area contributed by atoms with Crippen LogP contribution in [0.3, 0.4) is 0 Å². The first-order chi connectivity index (χ1) is 32.4. The van der Waals surface area contributed by atoms with Crippen molar-refractivity contribution in [1.82, 2.24) is 19.5 Å². The number of benzene rings is 8. The third kappa shape index (κ3) is 6.58. The Balaban J connectivity index is 1.06. The Morgan fingerprint density at radius 1 is 0.439 bits per heavy atom. The highest BCUT2D eigenvalue weighted by atomic mass is 15.0. The van der Waals surface area contributed by atoms with Gasteiger partial charge in [0.05, 0.1) is 28.5 Å². The van der Waals surface area contributed by atoms with Crippen LogP contribution in [-0.2, 0) is 5.41 Å². The van der Waals surface area contributed by atoms with E-state index in [4.69, 9.17) is 15.0 Å². The van der Waals surface area contributed by atoms with Crippen LogP contribution >= 0.6 is 0 Å². The normalized spacial score (nSPS) is 12.5. The lowest BCUT2D eigenvalue weighted by Crippen LogP contribution is -2.15. The number of aromatic nitrogens is 4. The minimum absolute atomic E-state index is 0.294. The number of nitrogens with zero attached hydrogens (tertiary/aromatic N) is 5. The molecule has 11 aromatic rings. The monoisotopic (exact) mass is 843 g/mol. The van der Waals surface area contributed by atoms with Crippen LogP contribution in [0, 0.1) is 11.3 Å². The number of nitriles is 1. The van der Waals surface area contributed by atoms with E-state index < -0.39 is 0 Å². The van der Waals surface area contributed by atoms with Gasteiger partial charge in [-0.25, -0.2) is 15.0 Å². The van der Waals surface area contributed by atoms with Crippen LogP contribution in [0.5, 0.6) is 0 Å². The standard InChI is InChI=1S/C61H41N5/c1-61(2)54-30-39(37-62)22-28-50(54)51-29-27-44(35-55(51)61)45-31-46(48-34-53-52-20-12-13-21-58(52)66(60(53)63-38-48)49-18-10-5-11-19-49)33-47(32-45)57-36-56(64-59(65-57)43-16-8-4-9-17-43)42-25-23-41(24-26-42)40-14-6-3-7-15-40/h3-36,38H,1-2H3. The predicted molar refractivity (Wildman–Crippen MR) is 269 cm³/mol. The summed E-state index contributed by atoms with van der Waals surface area (Å²) in [7, 11) is 0. The van der Waals surface area contributed by atoms with E-state index in [1.54, 1.807) is 0 Å². The Hall–Kier alpha value is -8.72. The van der Waals surface area contributed by atoms with Gasteiger partial charge in [-0.2, -0.15) is 5.26 Å². The molecule has 8 aromatic carbocycles. The summed E-state index contributed by atoms with van der Waals surface area (Å²) in [6, 6.07) is 74.8. The van der Waals surface area contributed by atoms with E-state index in [0.29, 0.717) is 11.4 Å². The van der Waals surface area contributed by atoms with Crippen LogP contribution in [0.25, 0.3) is 106 Å². The summed E-state index contributed by atoms with van der Waals surface area (Å²) in [5, 5.41) is 12.0. The van der Waals surface area contributed by atoms with Crippen LogP contribution in [-0.4, -0.2) is 19.5 Å². The van der Waals surface area contributed by atoms with Crippen molar-refractivity contribution < 1.29 is 0 Å². The summed E-state index contributed by atoms with van der Waals surface area (Å²) in [5.41, 5.74) is 19.4. The number of hydrogen-bond acceptors (Lipinski definition) is 4. The molecule has 0 atom stereocenters. The van der Waals surface area contributed by atoms with Crippen molar-refractivity contribution in [3.05, 3.63) is 229 Å². The molecule has 0 aliphatic heterocycles. The molecule has 5 nitrogen and oxygen atoms in total. The molecule has 0 unspecified atom stereocenters. The van der Waals surface area contributed by atoms with E-state index in [0.717, 1.165) is 83.5 Å². The number of fused-ring (bicyclic) bond motifs is 6. The van der Waals surface area contributed by atoms with Crippen molar-refractivity contribution in [2.75, 3.05) is 0 Å². The molecule has 0 radical (unpaired) electrons. The minimum atomic E-state index is -0.294. The van der Waals surface area contributed by atoms with E-state index in [9.17, 15) is 5.26 Å².